The van der Waals surface area contributed by atoms with Crippen LogP contribution in [0.5, 0.6) is 5.75 Å². The number of hydrogen-bond donors (Lipinski definition) is 2. The zero-order chi connectivity index (χ0) is 11.8. The van der Waals surface area contributed by atoms with E-state index in [1.54, 1.807) is 12.1 Å². The zero-order valence-electron chi connectivity index (χ0n) is 9.35. The third kappa shape index (κ3) is 4.31. The number of amides is 1. The van der Waals surface area contributed by atoms with Crippen molar-refractivity contribution in [1.29, 1.82) is 0 Å². The Morgan fingerprint density at radius 1 is 1.44 bits per heavy atom. The summed E-state index contributed by atoms with van der Waals surface area (Å²) in [6.45, 7) is 1.83. The summed E-state index contributed by atoms with van der Waals surface area (Å²) in [7, 11) is 0. The summed E-state index contributed by atoms with van der Waals surface area (Å²) < 4.78 is 5.26. The summed E-state index contributed by atoms with van der Waals surface area (Å²) in [5.74, 6) is 0.444. The number of nitrogens with one attached hydrogen (secondary N) is 1. The number of para-hydroxylation sites is 1. The maximum atomic E-state index is 11.4. The van der Waals surface area contributed by atoms with E-state index in [4.69, 9.17) is 9.84 Å². The molecule has 88 valence electrons. The molecule has 0 radical (unpaired) electrons. The van der Waals surface area contributed by atoms with Gasteiger partial charge in [0.25, 0.3) is 5.91 Å². The predicted molar refractivity (Wildman–Crippen MR) is 61.2 cm³/mol. The highest BCUT2D eigenvalue weighted by Gasteiger charge is 2.09. The molecule has 1 amide bonds. The summed E-state index contributed by atoms with van der Waals surface area (Å²) in [6.07, 6.45) is 0.702. The van der Waals surface area contributed by atoms with Crippen molar-refractivity contribution in [2.75, 3.05) is 13.2 Å². The molecule has 16 heavy (non-hydrogen) atoms. The predicted octanol–water partition coefficient (Wildman–Crippen LogP) is 0.952. The van der Waals surface area contributed by atoms with Crippen molar-refractivity contribution in [3.05, 3.63) is 30.3 Å². The Bertz CT molecular complexity index is 309. The Balaban J connectivity index is 2.30. The number of aliphatic hydroxyl groups is 1. The van der Waals surface area contributed by atoms with E-state index < -0.39 is 0 Å². The lowest BCUT2D eigenvalue weighted by atomic mass is 10.2. The van der Waals surface area contributed by atoms with E-state index in [2.05, 4.69) is 5.32 Å². The smallest absolute Gasteiger partial charge is 0.258 e. The van der Waals surface area contributed by atoms with Gasteiger partial charge in [-0.15, -0.1) is 0 Å². The van der Waals surface area contributed by atoms with Crippen LogP contribution in [0.15, 0.2) is 30.3 Å². The van der Waals surface area contributed by atoms with E-state index in [-0.39, 0.29) is 25.2 Å². The van der Waals surface area contributed by atoms with Crippen LogP contribution in [0.4, 0.5) is 0 Å². The molecule has 4 heteroatoms. The first-order valence-electron chi connectivity index (χ1n) is 5.34. The van der Waals surface area contributed by atoms with Gasteiger partial charge in [-0.2, -0.15) is 0 Å². The van der Waals surface area contributed by atoms with Crippen LogP contribution < -0.4 is 10.1 Å². The highest BCUT2D eigenvalue weighted by Crippen LogP contribution is 2.07. The normalized spacial score (nSPS) is 11.9. The van der Waals surface area contributed by atoms with Crippen LogP contribution in [0.1, 0.15) is 13.3 Å². The summed E-state index contributed by atoms with van der Waals surface area (Å²) in [6, 6.07) is 8.96. The van der Waals surface area contributed by atoms with Crippen molar-refractivity contribution in [2.45, 2.75) is 19.4 Å². The Hall–Kier alpha value is -1.55. The van der Waals surface area contributed by atoms with Gasteiger partial charge in [0.1, 0.15) is 5.75 Å². The number of rotatable bonds is 6. The number of carbonyl (C=O) groups excluding carboxylic acids is 1. The molecule has 2 N–H and O–H groups in total. The molecular formula is C12H17NO3. The van der Waals surface area contributed by atoms with E-state index in [0.717, 1.165) is 0 Å². The monoisotopic (exact) mass is 223 g/mol. The summed E-state index contributed by atoms with van der Waals surface area (Å²) in [5, 5.41) is 11.6. The van der Waals surface area contributed by atoms with Crippen LogP contribution in [0.3, 0.4) is 0 Å². The molecule has 1 rings (SSSR count). The van der Waals surface area contributed by atoms with Crippen molar-refractivity contribution in [1.82, 2.24) is 5.32 Å². The molecule has 0 spiro atoms. The van der Waals surface area contributed by atoms with Crippen LogP contribution in [-0.2, 0) is 4.79 Å². The van der Waals surface area contributed by atoms with Crippen molar-refractivity contribution in [3.8, 4) is 5.75 Å². The van der Waals surface area contributed by atoms with Gasteiger partial charge >= 0.3 is 0 Å². The van der Waals surface area contributed by atoms with Crippen LogP contribution >= 0.6 is 0 Å². The molecule has 0 fully saturated rings. The number of ether oxygens (including phenoxy) is 1. The lowest BCUT2D eigenvalue weighted by Crippen LogP contribution is -2.39. The molecule has 0 heterocycles. The first-order chi connectivity index (χ1) is 7.76. The molecule has 0 aliphatic rings. The Kier molecular flexibility index (Phi) is 5.36. The molecule has 4 nitrogen and oxygen atoms in total. The van der Waals surface area contributed by atoms with Crippen LogP contribution in [0, 0.1) is 0 Å². The molecular weight excluding hydrogens is 206 g/mol. The lowest BCUT2D eigenvalue weighted by Gasteiger charge is -2.14. The van der Waals surface area contributed by atoms with Gasteiger partial charge in [-0.25, -0.2) is 0 Å². The molecule has 0 bridgehead atoms. The lowest BCUT2D eigenvalue weighted by molar-refractivity contribution is -0.124. The Morgan fingerprint density at radius 2 is 2.12 bits per heavy atom. The van der Waals surface area contributed by atoms with E-state index in [1.165, 1.54) is 0 Å². The highest BCUT2D eigenvalue weighted by molar-refractivity contribution is 5.77. The van der Waals surface area contributed by atoms with Gasteiger partial charge in [-0.1, -0.05) is 25.1 Å². The molecule has 1 aromatic rings. The summed E-state index contributed by atoms with van der Waals surface area (Å²) in [4.78, 5) is 11.4. The minimum absolute atomic E-state index is 0.0273. The van der Waals surface area contributed by atoms with Gasteiger partial charge in [0.2, 0.25) is 0 Å². The standard InChI is InChI=1S/C12H17NO3/c1-2-10(8-14)13-12(15)9-16-11-6-4-3-5-7-11/h3-7,10,14H,2,8-9H2,1H3,(H,13,15). The third-order valence-electron chi connectivity index (χ3n) is 2.19. The highest BCUT2D eigenvalue weighted by atomic mass is 16.5. The van der Waals surface area contributed by atoms with Crippen LogP contribution in [0.25, 0.3) is 0 Å². The Labute approximate surface area is 95.2 Å². The number of benzene rings is 1. The quantitative estimate of drug-likeness (QED) is 0.755. The van der Waals surface area contributed by atoms with Gasteiger partial charge in [-0.3, -0.25) is 4.79 Å². The number of hydrogen-bond acceptors (Lipinski definition) is 3. The minimum Gasteiger partial charge on any atom is -0.484 e. The van der Waals surface area contributed by atoms with Gasteiger partial charge in [-0.05, 0) is 18.6 Å². The fourth-order valence-electron chi connectivity index (χ4n) is 1.21. The first kappa shape index (κ1) is 12.5. The van der Waals surface area contributed by atoms with Crippen LogP contribution in [-0.4, -0.2) is 30.3 Å². The molecule has 0 saturated heterocycles. The van der Waals surface area contributed by atoms with Gasteiger partial charge in [0.05, 0.1) is 12.6 Å². The molecule has 0 saturated carbocycles. The fourth-order valence-corrected chi connectivity index (χ4v) is 1.21. The van der Waals surface area contributed by atoms with Gasteiger partial charge < -0.3 is 15.2 Å². The summed E-state index contributed by atoms with van der Waals surface area (Å²) in [5.41, 5.74) is 0. The zero-order valence-corrected chi connectivity index (χ0v) is 9.35. The van der Waals surface area contributed by atoms with Crippen molar-refractivity contribution in [3.63, 3.8) is 0 Å². The topological polar surface area (TPSA) is 58.6 Å². The molecule has 0 aliphatic carbocycles. The maximum Gasteiger partial charge on any atom is 0.258 e. The van der Waals surface area contributed by atoms with Crippen molar-refractivity contribution < 1.29 is 14.6 Å². The van der Waals surface area contributed by atoms with E-state index in [9.17, 15) is 4.79 Å². The molecule has 1 atom stereocenters. The van der Waals surface area contributed by atoms with Crippen LogP contribution in [0.2, 0.25) is 0 Å². The van der Waals surface area contributed by atoms with E-state index in [0.29, 0.717) is 12.2 Å². The molecule has 0 aliphatic heterocycles. The molecule has 0 aromatic heterocycles. The number of carbonyl (C=O) groups is 1. The summed E-state index contributed by atoms with van der Waals surface area (Å²) >= 11 is 0. The van der Waals surface area contributed by atoms with E-state index in [1.807, 2.05) is 25.1 Å². The maximum absolute atomic E-state index is 11.4. The SMILES string of the molecule is CCC(CO)NC(=O)COc1ccccc1. The molecule has 1 unspecified atom stereocenters. The first-order valence-corrected chi connectivity index (χ1v) is 5.34. The van der Waals surface area contributed by atoms with Crippen molar-refractivity contribution >= 4 is 5.91 Å². The second kappa shape index (κ2) is 6.85. The average molecular weight is 223 g/mol. The largest absolute Gasteiger partial charge is 0.484 e. The number of aliphatic hydroxyl groups excluding tert-OH is 1. The third-order valence-corrected chi connectivity index (χ3v) is 2.19. The average Bonchev–Trinajstić information content (AvgIpc) is 2.34. The second-order valence-corrected chi connectivity index (χ2v) is 3.46. The minimum atomic E-state index is -0.218. The second-order valence-electron chi connectivity index (χ2n) is 3.46. The van der Waals surface area contributed by atoms with Gasteiger partial charge in [0, 0.05) is 0 Å². The van der Waals surface area contributed by atoms with Gasteiger partial charge in [0.15, 0.2) is 6.61 Å². The Morgan fingerprint density at radius 3 is 2.69 bits per heavy atom. The van der Waals surface area contributed by atoms with E-state index >= 15 is 0 Å². The van der Waals surface area contributed by atoms with Crippen molar-refractivity contribution in [2.24, 2.45) is 0 Å². The molecule has 1 aromatic carbocycles. The fraction of sp³-hybridized carbons (Fsp3) is 0.417.